The molecule has 0 saturated carbocycles. The average molecular weight is 465 g/mol. The number of methoxy groups -OCH3 is 1. The van der Waals surface area contributed by atoms with Crippen molar-refractivity contribution in [2.45, 2.75) is 50.3 Å². The second kappa shape index (κ2) is 10.4. The maximum Gasteiger partial charge on any atom is 0.257 e. The van der Waals surface area contributed by atoms with E-state index in [2.05, 4.69) is 4.72 Å². The van der Waals surface area contributed by atoms with Crippen molar-refractivity contribution in [2.24, 2.45) is 0 Å². The van der Waals surface area contributed by atoms with Crippen LogP contribution in [-0.2, 0) is 21.3 Å². The van der Waals surface area contributed by atoms with Gasteiger partial charge in [0.1, 0.15) is 11.6 Å². The van der Waals surface area contributed by atoms with Gasteiger partial charge in [-0.1, -0.05) is 18.2 Å². The average Bonchev–Trinajstić information content (AvgIpc) is 3.25. The number of sulfonamides is 1. The molecule has 0 radical (unpaired) electrons. The quantitative estimate of drug-likeness (QED) is 0.615. The first-order valence-electron chi connectivity index (χ1n) is 10.6. The summed E-state index contributed by atoms with van der Waals surface area (Å²) in [5.74, 6) is -0.781. The van der Waals surface area contributed by atoms with Crippen LogP contribution < -0.4 is 9.46 Å². The lowest BCUT2D eigenvalue weighted by Crippen LogP contribution is -2.37. The van der Waals surface area contributed by atoms with Crippen LogP contribution in [0.3, 0.4) is 0 Å². The van der Waals surface area contributed by atoms with Gasteiger partial charge in [0.25, 0.3) is 5.91 Å². The Morgan fingerprint density at radius 2 is 2.03 bits per heavy atom. The smallest absolute Gasteiger partial charge is 0.257 e. The zero-order valence-electron chi connectivity index (χ0n) is 18.5. The fourth-order valence-electron chi connectivity index (χ4n) is 3.68. The highest BCUT2D eigenvalue weighted by molar-refractivity contribution is 7.89. The van der Waals surface area contributed by atoms with Crippen LogP contribution in [-0.4, -0.2) is 51.6 Å². The monoisotopic (exact) mass is 464 g/mol. The van der Waals surface area contributed by atoms with Gasteiger partial charge >= 0.3 is 0 Å². The van der Waals surface area contributed by atoms with Gasteiger partial charge in [-0.25, -0.2) is 17.5 Å². The molecule has 1 saturated heterocycles. The summed E-state index contributed by atoms with van der Waals surface area (Å²) in [6.07, 6.45) is 1.53. The molecule has 1 aliphatic rings. The van der Waals surface area contributed by atoms with Crippen molar-refractivity contribution in [1.29, 1.82) is 0 Å². The van der Waals surface area contributed by atoms with Crippen LogP contribution in [0, 0.1) is 5.82 Å². The highest BCUT2D eigenvalue weighted by Gasteiger charge is 2.27. The van der Waals surface area contributed by atoms with E-state index < -0.39 is 21.7 Å². The summed E-state index contributed by atoms with van der Waals surface area (Å²) in [5, 5.41) is 0. The van der Waals surface area contributed by atoms with Crippen molar-refractivity contribution < 1.29 is 27.1 Å². The van der Waals surface area contributed by atoms with Crippen LogP contribution in [0.2, 0.25) is 0 Å². The van der Waals surface area contributed by atoms with Crippen LogP contribution in [0.25, 0.3) is 0 Å². The number of hydrogen-bond donors (Lipinski definition) is 1. The largest absolute Gasteiger partial charge is 0.496 e. The summed E-state index contributed by atoms with van der Waals surface area (Å²) in [6.45, 7) is 4.42. The third-order valence-electron chi connectivity index (χ3n) is 5.16. The summed E-state index contributed by atoms with van der Waals surface area (Å²) in [7, 11) is -2.34. The van der Waals surface area contributed by atoms with Crippen molar-refractivity contribution in [1.82, 2.24) is 9.62 Å². The molecule has 2 aromatic rings. The van der Waals surface area contributed by atoms with Gasteiger partial charge in [-0.15, -0.1) is 0 Å². The predicted molar refractivity (Wildman–Crippen MR) is 119 cm³/mol. The maximum absolute atomic E-state index is 14.7. The molecule has 32 heavy (non-hydrogen) atoms. The van der Waals surface area contributed by atoms with Gasteiger partial charge in [0.05, 0.1) is 23.7 Å². The van der Waals surface area contributed by atoms with E-state index in [4.69, 9.17) is 9.47 Å². The van der Waals surface area contributed by atoms with Gasteiger partial charge in [-0.2, -0.15) is 0 Å². The van der Waals surface area contributed by atoms with Gasteiger partial charge in [-0.3, -0.25) is 4.79 Å². The molecule has 2 aromatic carbocycles. The third-order valence-corrected chi connectivity index (χ3v) is 6.81. The first-order chi connectivity index (χ1) is 15.2. The number of benzene rings is 2. The normalized spacial score (nSPS) is 16.3. The van der Waals surface area contributed by atoms with Crippen LogP contribution in [0.5, 0.6) is 5.75 Å². The van der Waals surface area contributed by atoms with E-state index in [0.29, 0.717) is 12.4 Å². The summed E-state index contributed by atoms with van der Waals surface area (Å²) >= 11 is 0. The molecule has 174 valence electrons. The summed E-state index contributed by atoms with van der Waals surface area (Å²) < 4.78 is 53.4. The van der Waals surface area contributed by atoms with Crippen molar-refractivity contribution in [3.63, 3.8) is 0 Å². The zero-order chi connectivity index (χ0) is 23.3. The van der Waals surface area contributed by atoms with E-state index >= 15 is 0 Å². The second-order valence-electron chi connectivity index (χ2n) is 8.05. The number of para-hydroxylation sites is 1. The van der Waals surface area contributed by atoms with Crippen molar-refractivity contribution in [3.05, 3.63) is 59.4 Å². The molecule has 7 nitrogen and oxygen atoms in total. The maximum atomic E-state index is 14.7. The Bertz CT molecular complexity index is 1050. The Hall–Kier alpha value is -2.49. The van der Waals surface area contributed by atoms with Crippen LogP contribution in [0.4, 0.5) is 4.39 Å². The Morgan fingerprint density at radius 3 is 2.69 bits per heavy atom. The van der Waals surface area contributed by atoms with E-state index in [9.17, 15) is 17.6 Å². The summed E-state index contributed by atoms with van der Waals surface area (Å²) in [6, 6.07) is 10.2. The number of halogens is 1. The number of carbonyl (C=O) groups is 1. The number of nitrogens with zero attached hydrogens (tertiary/aromatic N) is 1. The predicted octanol–water partition coefficient (Wildman–Crippen LogP) is 3.34. The van der Waals surface area contributed by atoms with Gasteiger partial charge < -0.3 is 14.4 Å². The Labute approximate surface area is 188 Å². The SMILES string of the molecule is COc1ccccc1CN(CC1CCCO1)C(=O)c1cc(S(=O)(=O)NC(C)C)ccc1F. The Morgan fingerprint density at radius 1 is 1.28 bits per heavy atom. The second-order valence-corrected chi connectivity index (χ2v) is 9.76. The van der Waals surface area contributed by atoms with Gasteiger partial charge in [0.15, 0.2) is 0 Å². The van der Waals surface area contributed by atoms with Crippen molar-refractivity contribution >= 4 is 15.9 Å². The summed E-state index contributed by atoms with van der Waals surface area (Å²) in [5.41, 5.74) is 0.455. The third kappa shape index (κ3) is 5.85. The molecular formula is C23H29FN2O5S. The first kappa shape index (κ1) is 24.2. The molecule has 0 bridgehead atoms. The van der Waals surface area contributed by atoms with Crippen LogP contribution >= 0.6 is 0 Å². The lowest BCUT2D eigenvalue weighted by molar-refractivity contribution is 0.0502. The zero-order valence-corrected chi connectivity index (χ0v) is 19.3. The molecule has 1 unspecified atom stereocenters. The minimum Gasteiger partial charge on any atom is -0.496 e. The van der Waals surface area contributed by atoms with Crippen molar-refractivity contribution in [3.8, 4) is 5.75 Å². The highest BCUT2D eigenvalue weighted by atomic mass is 32.2. The summed E-state index contributed by atoms with van der Waals surface area (Å²) in [4.78, 5) is 14.8. The van der Waals surface area contributed by atoms with E-state index in [1.54, 1.807) is 27.0 Å². The number of carbonyl (C=O) groups excluding carboxylic acids is 1. The Balaban J connectivity index is 1.95. The van der Waals surface area contributed by atoms with E-state index in [0.717, 1.165) is 36.6 Å². The molecule has 1 aliphatic heterocycles. The molecule has 1 N–H and O–H groups in total. The Kier molecular flexibility index (Phi) is 7.86. The fraction of sp³-hybridized carbons (Fsp3) is 0.435. The number of rotatable bonds is 9. The lowest BCUT2D eigenvalue weighted by Gasteiger charge is -2.27. The van der Waals surface area contributed by atoms with Gasteiger partial charge in [-0.05, 0) is 51.0 Å². The highest BCUT2D eigenvalue weighted by Crippen LogP contribution is 2.24. The minimum atomic E-state index is -3.88. The molecule has 0 aliphatic carbocycles. The molecule has 3 rings (SSSR count). The van der Waals surface area contributed by atoms with E-state index in [1.165, 1.54) is 4.90 Å². The first-order valence-corrected chi connectivity index (χ1v) is 12.0. The van der Waals surface area contributed by atoms with Crippen LogP contribution in [0.1, 0.15) is 42.6 Å². The molecule has 1 heterocycles. The van der Waals surface area contributed by atoms with Gasteiger partial charge in [0.2, 0.25) is 10.0 Å². The number of nitrogens with one attached hydrogen (secondary N) is 1. The van der Waals surface area contributed by atoms with E-state index in [-0.39, 0.29) is 35.7 Å². The van der Waals surface area contributed by atoms with Gasteiger partial charge in [0, 0.05) is 31.3 Å². The van der Waals surface area contributed by atoms with E-state index in [1.807, 2.05) is 18.2 Å². The number of amides is 1. The molecule has 1 amide bonds. The molecular weight excluding hydrogens is 435 g/mol. The standard InChI is InChI=1S/C23H29FN2O5S/c1-16(2)25-32(28,29)19-10-11-21(24)20(13-19)23(27)26(15-18-8-6-12-31-18)14-17-7-4-5-9-22(17)30-3/h4-5,7,9-11,13,16,18,25H,6,8,12,14-15H2,1-3H3. The molecule has 1 atom stereocenters. The fourth-order valence-corrected chi connectivity index (χ4v) is 4.95. The van der Waals surface area contributed by atoms with Crippen molar-refractivity contribution in [2.75, 3.05) is 20.3 Å². The molecule has 0 spiro atoms. The van der Waals surface area contributed by atoms with Crippen LogP contribution in [0.15, 0.2) is 47.4 Å². The number of hydrogen-bond acceptors (Lipinski definition) is 5. The number of ether oxygens (including phenoxy) is 2. The lowest BCUT2D eigenvalue weighted by atomic mass is 10.1. The molecule has 9 heteroatoms. The molecule has 1 fully saturated rings. The minimum absolute atomic E-state index is 0.161. The topological polar surface area (TPSA) is 84.9 Å². The molecule has 0 aromatic heterocycles.